The maximum Gasteiger partial charge on any atom is 0.257 e. The average Bonchev–Trinajstić information content (AvgIpc) is 3.05. The molecule has 1 aliphatic heterocycles. The molecule has 1 atom stereocenters. The summed E-state index contributed by atoms with van der Waals surface area (Å²) in [6.45, 7) is 5.84. The Morgan fingerprint density at radius 3 is 2.83 bits per heavy atom. The van der Waals surface area contributed by atoms with Gasteiger partial charge in [-0.2, -0.15) is 5.10 Å². The minimum Gasteiger partial charge on any atom is -0.480 e. The van der Waals surface area contributed by atoms with E-state index >= 15 is 0 Å². The van der Waals surface area contributed by atoms with Crippen molar-refractivity contribution in [2.45, 2.75) is 33.1 Å². The molecule has 1 amide bonds. The van der Waals surface area contributed by atoms with E-state index in [1.54, 1.807) is 30.1 Å². The van der Waals surface area contributed by atoms with Crippen molar-refractivity contribution in [2.75, 3.05) is 20.2 Å². The fourth-order valence-electron chi connectivity index (χ4n) is 3.17. The van der Waals surface area contributed by atoms with E-state index in [1.807, 2.05) is 11.8 Å². The van der Waals surface area contributed by atoms with Crippen molar-refractivity contribution in [3.8, 4) is 11.7 Å². The van der Waals surface area contributed by atoms with Gasteiger partial charge in [-0.05, 0) is 31.2 Å². The molecule has 1 aliphatic rings. The molecule has 24 heavy (non-hydrogen) atoms. The summed E-state index contributed by atoms with van der Waals surface area (Å²) in [5.41, 5.74) is 1.52. The molecule has 128 valence electrons. The number of methoxy groups -OCH3 is 1. The van der Waals surface area contributed by atoms with Gasteiger partial charge in [-0.25, -0.2) is 4.68 Å². The lowest BCUT2D eigenvalue weighted by Gasteiger charge is -2.30. The first-order valence-electron chi connectivity index (χ1n) is 8.38. The first-order valence-corrected chi connectivity index (χ1v) is 8.38. The predicted octanol–water partition coefficient (Wildman–Crippen LogP) is 2.11. The van der Waals surface area contributed by atoms with Gasteiger partial charge in [0.2, 0.25) is 5.88 Å². The molecule has 0 unspecified atom stereocenters. The number of piperidine rings is 1. The van der Waals surface area contributed by atoms with Gasteiger partial charge in [-0.3, -0.25) is 4.79 Å². The molecule has 0 saturated carbocycles. The molecule has 2 aromatic rings. The number of carbonyl (C=O) groups excluding carboxylic acids is 1. The standard InChI is InChI=1S/C17H23N5O2/c1-4-14-13(17(23)21-9-5-6-12(2)11-21)10-18-22(14)15-7-8-16(24-3)20-19-15/h7-8,10,12H,4-6,9,11H2,1-3H3/t12-/m0/s1. The molecule has 1 saturated heterocycles. The van der Waals surface area contributed by atoms with Crippen LogP contribution in [-0.4, -0.2) is 51.0 Å². The third kappa shape index (κ3) is 3.11. The van der Waals surface area contributed by atoms with Gasteiger partial charge < -0.3 is 9.64 Å². The largest absolute Gasteiger partial charge is 0.480 e. The van der Waals surface area contributed by atoms with E-state index in [9.17, 15) is 4.79 Å². The molecule has 3 heterocycles. The van der Waals surface area contributed by atoms with Crippen LogP contribution in [0.1, 0.15) is 42.7 Å². The van der Waals surface area contributed by atoms with Crippen LogP contribution in [0.5, 0.6) is 5.88 Å². The van der Waals surface area contributed by atoms with Gasteiger partial charge in [-0.15, -0.1) is 10.2 Å². The zero-order valence-corrected chi connectivity index (χ0v) is 14.4. The van der Waals surface area contributed by atoms with E-state index < -0.39 is 0 Å². The molecule has 0 bridgehead atoms. The Kier molecular flexibility index (Phi) is 4.78. The van der Waals surface area contributed by atoms with Crippen molar-refractivity contribution >= 4 is 5.91 Å². The number of aromatic nitrogens is 4. The second-order valence-corrected chi connectivity index (χ2v) is 6.20. The van der Waals surface area contributed by atoms with Crippen molar-refractivity contribution in [1.29, 1.82) is 0 Å². The zero-order chi connectivity index (χ0) is 17.1. The number of amides is 1. The lowest BCUT2D eigenvalue weighted by molar-refractivity contribution is 0.0682. The Morgan fingerprint density at radius 2 is 2.21 bits per heavy atom. The average molecular weight is 329 g/mol. The molecule has 0 aromatic carbocycles. The topological polar surface area (TPSA) is 73.1 Å². The number of nitrogens with zero attached hydrogens (tertiary/aromatic N) is 5. The number of hydrogen-bond acceptors (Lipinski definition) is 5. The minimum atomic E-state index is 0.0612. The minimum absolute atomic E-state index is 0.0612. The SMILES string of the molecule is CCc1c(C(=O)N2CCC[C@H](C)C2)cnn1-c1ccc(OC)nn1. The summed E-state index contributed by atoms with van der Waals surface area (Å²) >= 11 is 0. The Hall–Kier alpha value is -2.44. The van der Waals surface area contributed by atoms with Crippen molar-refractivity contribution < 1.29 is 9.53 Å². The summed E-state index contributed by atoms with van der Waals surface area (Å²) < 4.78 is 6.72. The third-order valence-electron chi connectivity index (χ3n) is 4.43. The maximum absolute atomic E-state index is 12.9. The van der Waals surface area contributed by atoms with Crippen molar-refractivity contribution in [3.63, 3.8) is 0 Å². The van der Waals surface area contributed by atoms with Crippen LogP contribution in [0.3, 0.4) is 0 Å². The third-order valence-corrected chi connectivity index (χ3v) is 4.43. The second kappa shape index (κ2) is 6.98. The quantitative estimate of drug-likeness (QED) is 0.859. The van der Waals surface area contributed by atoms with Crippen LogP contribution in [0.2, 0.25) is 0 Å². The van der Waals surface area contributed by atoms with Gasteiger partial charge in [0.05, 0.1) is 24.6 Å². The number of rotatable bonds is 4. The first kappa shape index (κ1) is 16.4. The molecule has 0 N–H and O–H groups in total. The molecule has 2 aromatic heterocycles. The number of ether oxygens (including phenoxy) is 1. The van der Waals surface area contributed by atoms with E-state index in [4.69, 9.17) is 4.74 Å². The van der Waals surface area contributed by atoms with Crippen LogP contribution in [0.25, 0.3) is 5.82 Å². The van der Waals surface area contributed by atoms with Crippen LogP contribution in [0, 0.1) is 5.92 Å². The van der Waals surface area contributed by atoms with Gasteiger partial charge >= 0.3 is 0 Å². The molecule has 7 heteroatoms. The predicted molar refractivity (Wildman–Crippen MR) is 89.4 cm³/mol. The first-order chi connectivity index (χ1) is 11.6. The Bertz CT molecular complexity index is 710. The molecule has 0 aliphatic carbocycles. The monoisotopic (exact) mass is 329 g/mol. The van der Waals surface area contributed by atoms with E-state index in [2.05, 4.69) is 22.2 Å². The summed E-state index contributed by atoms with van der Waals surface area (Å²) in [6.07, 6.45) is 4.59. The zero-order valence-electron chi connectivity index (χ0n) is 14.4. The number of carbonyl (C=O) groups is 1. The lowest BCUT2D eigenvalue weighted by atomic mass is 9.99. The van der Waals surface area contributed by atoms with Gasteiger partial charge in [0.1, 0.15) is 0 Å². The van der Waals surface area contributed by atoms with Gasteiger partial charge in [-0.1, -0.05) is 13.8 Å². The summed E-state index contributed by atoms with van der Waals surface area (Å²) in [5, 5.41) is 12.5. The van der Waals surface area contributed by atoms with Crippen molar-refractivity contribution in [3.05, 3.63) is 29.6 Å². The lowest BCUT2D eigenvalue weighted by Crippen LogP contribution is -2.39. The van der Waals surface area contributed by atoms with Gasteiger partial charge in [0, 0.05) is 19.2 Å². The van der Waals surface area contributed by atoms with Crippen molar-refractivity contribution in [1.82, 2.24) is 24.9 Å². The summed E-state index contributed by atoms with van der Waals surface area (Å²) in [5.74, 6) is 1.64. The summed E-state index contributed by atoms with van der Waals surface area (Å²) in [4.78, 5) is 14.8. The molecular formula is C17H23N5O2. The maximum atomic E-state index is 12.9. The highest BCUT2D eigenvalue weighted by Crippen LogP contribution is 2.21. The Labute approximate surface area is 141 Å². The Morgan fingerprint density at radius 1 is 1.38 bits per heavy atom. The molecule has 0 radical (unpaired) electrons. The van der Waals surface area contributed by atoms with Crippen LogP contribution in [0.4, 0.5) is 0 Å². The molecular weight excluding hydrogens is 306 g/mol. The molecule has 1 fully saturated rings. The number of likely N-dealkylation sites (tertiary alicyclic amines) is 1. The summed E-state index contributed by atoms with van der Waals surface area (Å²) in [7, 11) is 1.55. The van der Waals surface area contributed by atoms with Crippen LogP contribution < -0.4 is 4.74 Å². The molecule has 7 nitrogen and oxygen atoms in total. The molecule has 3 rings (SSSR count). The highest BCUT2D eigenvalue weighted by Gasteiger charge is 2.26. The molecule has 0 spiro atoms. The van der Waals surface area contributed by atoms with Gasteiger partial charge in [0.15, 0.2) is 5.82 Å². The smallest absolute Gasteiger partial charge is 0.257 e. The van der Waals surface area contributed by atoms with Gasteiger partial charge in [0.25, 0.3) is 5.91 Å². The fraction of sp³-hybridized carbons (Fsp3) is 0.529. The van der Waals surface area contributed by atoms with E-state index in [-0.39, 0.29) is 5.91 Å². The fourth-order valence-corrected chi connectivity index (χ4v) is 3.17. The Balaban J connectivity index is 1.89. The second-order valence-electron chi connectivity index (χ2n) is 6.20. The highest BCUT2D eigenvalue weighted by atomic mass is 16.5. The number of hydrogen-bond donors (Lipinski definition) is 0. The normalized spacial score (nSPS) is 17.8. The summed E-state index contributed by atoms with van der Waals surface area (Å²) in [6, 6.07) is 3.52. The van der Waals surface area contributed by atoms with E-state index in [1.165, 1.54) is 6.42 Å². The van der Waals surface area contributed by atoms with E-state index in [0.29, 0.717) is 29.6 Å². The van der Waals surface area contributed by atoms with E-state index in [0.717, 1.165) is 25.2 Å². The van der Waals surface area contributed by atoms with Crippen molar-refractivity contribution in [2.24, 2.45) is 5.92 Å². The van der Waals surface area contributed by atoms with Crippen LogP contribution >= 0.6 is 0 Å². The van der Waals surface area contributed by atoms with Crippen LogP contribution in [-0.2, 0) is 6.42 Å². The highest BCUT2D eigenvalue weighted by molar-refractivity contribution is 5.95. The van der Waals surface area contributed by atoms with Crippen LogP contribution in [0.15, 0.2) is 18.3 Å².